The number of sulfonamides is 1. The Balaban J connectivity index is 3.05. The molecule has 1 aromatic rings. The minimum absolute atomic E-state index is 0.0553. The molecule has 0 aromatic heterocycles. The Hall–Kier alpha value is -1.29. The van der Waals surface area contributed by atoms with Gasteiger partial charge in [0.1, 0.15) is 10.9 Å². The Morgan fingerprint density at radius 3 is 2.63 bits per heavy atom. The molecule has 19 heavy (non-hydrogen) atoms. The molecule has 0 saturated carbocycles. The lowest BCUT2D eigenvalue weighted by molar-refractivity contribution is 0.456. The molecule has 1 unspecified atom stereocenters. The Kier molecular flexibility index (Phi) is 5.18. The number of phenolic OH excluding ortho intramolecular Hbond substituents is 1. The van der Waals surface area contributed by atoms with Crippen LogP contribution in [0.25, 0.3) is 0 Å². The number of para-hydroxylation sites is 1. The largest absolute Gasteiger partial charge is 0.505 e. The number of aromatic hydroxyl groups is 1. The van der Waals surface area contributed by atoms with E-state index in [1.54, 1.807) is 0 Å². The number of nitrogens with one attached hydrogen (secondary N) is 1. The Bertz CT molecular complexity index is 593. The SMILES string of the molecule is CC(C)CC(C#N)NS(=O)(=O)c1cccc(Cl)c1O. The quantitative estimate of drug-likeness (QED) is 0.873. The van der Waals surface area contributed by atoms with Crippen LogP contribution in [0, 0.1) is 17.2 Å². The van der Waals surface area contributed by atoms with Crippen LogP contribution < -0.4 is 4.72 Å². The van der Waals surface area contributed by atoms with E-state index in [9.17, 15) is 13.5 Å². The first-order chi connectivity index (χ1) is 8.77. The van der Waals surface area contributed by atoms with Gasteiger partial charge in [-0.25, -0.2) is 8.42 Å². The Morgan fingerprint density at radius 1 is 1.47 bits per heavy atom. The average molecular weight is 303 g/mol. The van der Waals surface area contributed by atoms with Crippen molar-refractivity contribution >= 4 is 21.6 Å². The molecular weight excluding hydrogens is 288 g/mol. The number of halogens is 1. The van der Waals surface area contributed by atoms with Crippen LogP contribution in [0.3, 0.4) is 0 Å². The molecule has 0 bridgehead atoms. The fraction of sp³-hybridized carbons (Fsp3) is 0.417. The summed E-state index contributed by atoms with van der Waals surface area (Å²) in [5, 5.41) is 18.6. The molecule has 0 radical (unpaired) electrons. The van der Waals surface area contributed by atoms with Crippen molar-refractivity contribution < 1.29 is 13.5 Å². The summed E-state index contributed by atoms with van der Waals surface area (Å²) in [6, 6.07) is 5.07. The van der Waals surface area contributed by atoms with Crippen molar-refractivity contribution in [3.63, 3.8) is 0 Å². The number of hydrogen-bond acceptors (Lipinski definition) is 4. The molecule has 0 amide bonds. The number of phenols is 1. The van der Waals surface area contributed by atoms with Crippen LogP contribution in [0.4, 0.5) is 0 Å². The van der Waals surface area contributed by atoms with Gasteiger partial charge in [0.05, 0.1) is 11.1 Å². The van der Waals surface area contributed by atoms with E-state index in [-0.39, 0.29) is 15.8 Å². The fourth-order valence-electron chi connectivity index (χ4n) is 1.56. The van der Waals surface area contributed by atoms with Crippen molar-refractivity contribution in [1.29, 1.82) is 5.26 Å². The van der Waals surface area contributed by atoms with Crippen molar-refractivity contribution in [1.82, 2.24) is 4.72 Å². The highest BCUT2D eigenvalue weighted by molar-refractivity contribution is 7.89. The van der Waals surface area contributed by atoms with E-state index in [1.165, 1.54) is 18.2 Å². The molecule has 7 heteroatoms. The molecule has 0 spiro atoms. The lowest BCUT2D eigenvalue weighted by atomic mass is 10.1. The summed E-state index contributed by atoms with van der Waals surface area (Å²) >= 11 is 5.67. The number of nitrogens with zero attached hydrogens (tertiary/aromatic N) is 1. The minimum atomic E-state index is -3.98. The summed E-state index contributed by atoms with van der Waals surface area (Å²) in [6.45, 7) is 3.77. The molecule has 0 aliphatic heterocycles. The third-order valence-electron chi connectivity index (χ3n) is 2.40. The smallest absolute Gasteiger partial charge is 0.245 e. The highest BCUT2D eigenvalue weighted by Crippen LogP contribution is 2.30. The summed E-state index contributed by atoms with van der Waals surface area (Å²) in [6.07, 6.45) is 0.386. The fourth-order valence-corrected chi connectivity index (χ4v) is 3.06. The van der Waals surface area contributed by atoms with Crippen LogP contribution in [0.15, 0.2) is 23.1 Å². The predicted molar refractivity (Wildman–Crippen MR) is 72.3 cm³/mol. The second-order valence-electron chi connectivity index (χ2n) is 4.52. The molecule has 1 atom stereocenters. The van der Waals surface area contributed by atoms with Gasteiger partial charge in [0.2, 0.25) is 10.0 Å². The third-order valence-corrected chi connectivity index (χ3v) is 4.21. The van der Waals surface area contributed by atoms with E-state index in [4.69, 9.17) is 16.9 Å². The second-order valence-corrected chi connectivity index (χ2v) is 6.61. The maximum Gasteiger partial charge on any atom is 0.245 e. The lowest BCUT2D eigenvalue weighted by Gasteiger charge is -2.14. The summed E-state index contributed by atoms with van der Waals surface area (Å²) in [7, 11) is -3.98. The molecule has 0 aliphatic carbocycles. The molecule has 0 aliphatic rings. The minimum Gasteiger partial charge on any atom is -0.505 e. The van der Waals surface area contributed by atoms with Gasteiger partial charge in [-0.3, -0.25) is 0 Å². The summed E-state index contributed by atoms with van der Waals surface area (Å²) in [5.74, 6) is -0.349. The summed E-state index contributed by atoms with van der Waals surface area (Å²) < 4.78 is 26.4. The second kappa shape index (κ2) is 6.24. The van der Waals surface area contributed by atoms with Gasteiger partial charge < -0.3 is 5.11 Å². The van der Waals surface area contributed by atoms with Gasteiger partial charge in [-0.05, 0) is 24.5 Å². The number of hydrogen-bond donors (Lipinski definition) is 2. The maximum absolute atomic E-state index is 12.1. The first kappa shape index (κ1) is 15.8. The van der Waals surface area contributed by atoms with E-state index in [0.29, 0.717) is 6.42 Å². The zero-order chi connectivity index (χ0) is 14.6. The molecule has 1 aromatic carbocycles. The highest BCUT2D eigenvalue weighted by atomic mass is 35.5. The van der Waals surface area contributed by atoms with Crippen molar-refractivity contribution in [3.8, 4) is 11.8 Å². The third kappa shape index (κ3) is 4.10. The van der Waals surface area contributed by atoms with Crippen LogP contribution >= 0.6 is 11.6 Å². The summed E-state index contributed by atoms with van der Waals surface area (Å²) in [4.78, 5) is -0.330. The molecule has 0 fully saturated rings. The topological polar surface area (TPSA) is 90.2 Å². The predicted octanol–water partition coefficient (Wildman–Crippen LogP) is 2.26. The van der Waals surface area contributed by atoms with E-state index in [2.05, 4.69) is 4.72 Å². The average Bonchev–Trinajstić information content (AvgIpc) is 2.30. The van der Waals surface area contributed by atoms with Crippen LogP contribution in [-0.4, -0.2) is 19.6 Å². The van der Waals surface area contributed by atoms with Crippen LogP contribution in [-0.2, 0) is 10.0 Å². The van der Waals surface area contributed by atoms with Crippen molar-refractivity contribution in [3.05, 3.63) is 23.2 Å². The van der Waals surface area contributed by atoms with E-state index < -0.39 is 21.8 Å². The zero-order valence-electron chi connectivity index (χ0n) is 10.6. The maximum atomic E-state index is 12.1. The van der Waals surface area contributed by atoms with Gasteiger partial charge in [0, 0.05) is 0 Å². The molecule has 104 valence electrons. The van der Waals surface area contributed by atoms with Gasteiger partial charge in [-0.2, -0.15) is 9.98 Å². The van der Waals surface area contributed by atoms with Gasteiger partial charge >= 0.3 is 0 Å². The summed E-state index contributed by atoms with van der Waals surface area (Å²) in [5.41, 5.74) is 0. The van der Waals surface area contributed by atoms with Gasteiger partial charge in [-0.15, -0.1) is 0 Å². The molecule has 0 saturated heterocycles. The van der Waals surface area contributed by atoms with Crippen molar-refractivity contribution in [2.45, 2.75) is 31.2 Å². The number of rotatable bonds is 5. The molecule has 1 rings (SSSR count). The van der Waals surface area contributed by atoms with Crippen LogP contribution in [0.5, 0.6) is 5.75 Å². The van der Waals surface area contributed by atoms with Gasteiger partial charge in [-0.1, -0.05) is 31.5 Å². The normalized spacial score (nSPS) is 13.2. The van der Waals surface area contributed by atoms with E-state index in [1.807, 2.05) is 19.9 Å². The van der Waals surface area contributed by atoms with Gasteiger partial charge in [0.15, 0.2) is 5.75 Å². The first-order valence-corrected chi connectivity index (χ1v) is 7.53. The molecule has 5 nitrogen and oxygen atoms in total. The number of nitriles is 1. The first-order valence-electron chi connectivity index (χ1n) is 5.67. The van der Waals surface area contributed by atoms with E-state index >= 15 is 0 Å². The Morgan fingerprint density at radius 2 is 2.11 bits per heavy atom. The van der Waals surface area contributed by atoms with Crippen LogP contribution in [0.2, 0.25) is 5.02 Å². The highest BCUT2D eigenvalue weighted by Gasteiger charge is 2.24. The lowest BCUT2D eigenvalue weighted by Crippen LogP contribution is -2.34. The van der Waals surface area contributed by atoms with Crippen LogP contribution in [0.1, 0.15) is 20.3 Å². The zero-order valence-corrected chi connectivity index (χ0v) is 12.2. The molecule has 2 N–H and O–H groups in total. The van der Waals surface area contributed by atoms with Gasteiger partial charge in [0.25, 0.3) is 0 Å². The monoisotopic (exact) mass is 302 g/mol. The van der Waals surface area contributed by atoms with Crippen molar-refractivity contribution in [2.24, 2.45) is 5.92 Å². The van der Waals surface area contributed by atoms with Crippen molar-refractivity contribution in [2.75, 3.05) is 0 Å². The standard InChI is InChI=1S/C12H15ClN2O3S/c1-8(2)6-9(7-14)15-19(17,18)11-5-3-4-10(13)12(11)16/h3-5,8-9,15-16H,6H2,1-2H3. The Labute approximate surface area is 117 Å². The van der Waals surface area contributed by atoms with E-state index in [0.717, 1.165) is 0 Å². The molecule has 0 heterocycles. The number of benzene rings is 1. The molecular formula is C12H15ClN2O3S.